The van der Waals surface area contributed by atoms with Gasteiger partial charge in [-0.05, 0) is 50.9 Å². The van der Waals surface area contributed by atoms with Crippen LogP contribution >= 0.6 is 24.0 Å². The van der Waals surface area contributed by atoms with E-state index in [4.69, 9.17) is 4.99 Å². The van der Waals surface area contributed by atoms with E-state index >= 15 is 0 Å². The standard InChI is InChI=1S/C18H30N4.HI/c1-21(2)18(20-15-17-7-5-4-6-8-17)19-12-9-16-10-13-22(3)14-11-16;/h4-8,16H,9-15H2,1-3H3,(H,19,20);1H. The van der Waals surface area contributed by atoms with Crippen LogP contribution < -0.4 is 5.32 Å². The first-order chi connectivity index (χ1) is 10.6. The van der Waals surface area contributed by atoms with Crippen LogP contribution in [0.3, 0.4) is 0 Å². The third-order valence-electron chi connectivity index (χ3n) is 4.35. The molecule has 0 unspecified atom stereocenters. The lowest BCUT2D eigenvalue weighted by Crippen LogP contribution is -2.38. The predicted octanol–water partition coefficient (Wildman–Crippen LogP) is 3.04. The summed E-state index contributed by atoms with van der Waals surface area (Å²) in [6.07, 6.45) is 3.90. The van der Waals surface area contributed by atoms with Crippen molar-refractivity contribution in [3.8, 4) is 0 Å². The van der Waals surface area contributed by atoms with Crippen LogP contribution in [0.2, 0.25) is 0 Å². The van der Waals surface area contributed by atoms with Gasteiger partial charge in [-0.3, -0.25) is 0 Å². The molecule has 0 bridgehead atoms. The number of halogens is 1. The molecule has 1 aromatic rings. The van der Waals surface area contributed by atoms with E-state index in [1.54, 1.807) is 0 Å². The van der Waals surface area contributed by atoms with Crippen LogP contribution in [0.4, 0.5) is 0 Å². The van der Waals surface area contributed by atoms with Gasteiger partial charge in [0.15, 0.2) is 5.96 Å². The molecule has 1 heterocycles. The Balaban J connectivity index is 0.00000264. The van der Waals surface area contributed by atoms with Crippen LogP contribution in [0.5, 0.6) is 0 Å². The number of benzene rings is 1. The summed E-state index contributed by atoms with van der Waals surface area (Å²) in [6, 6.07) is 10.4. The van der Waals surface area contributed by atoms with Crippen molar-refractivity contribution < 1.29 is 0 Å². The van der Waals surface area contributed by atoms with E-state index in [0.29, 0.717) is 0 Å². The van der Waals surface area contributed by atoms with Crippen molar-refractivity contribution in [2.75, 3.05) is 40.8 Å². The van der Waals surface area contributed by atoms with Gasteiger partial charge in [-0.2, -0.15) is 0 Å². The lowest BCUT2D eigenvalue weighted by Gasteiger charge is -2.29. The predicted molar refractivity (Wildman–Crippen MR) is 110 cm³/mol. The van der Waals surface area contributed by atoms with E-state index in [9.17, 15) is 0 Å². The van der Waals surface area contributed by atoms with Crippen LogP contribution in [-0.4, -0.2) is 56.5 Å². The summed E-state index contributed by atoms with van der Waals surface area (Å²) in [4.78, 5) is 9.21. The quantitative estimate of drug-likeness (QED) is 0.443. The molecule has 0 aromatic heterocycles. The molecule has 0 aliphatic carbocycles. The molecule has 130 valence electrons. The maximum Gasteiger partial charge on any atom is 0.193 e. The Bertz CT molecular complexity index is 453. The molecule has 1 aliphatic rings. The Morgan fingerprint density at radius 3 is 2.48 bits per heavy atom. The number of likely N-dealkylation sites (tertiary alicyclic amines) is 1. The number of guanidine groups is 1. The van der Waals surface area contributed by atoms with Gasteiger partial charge in [0, 0.05) is 20.6 Å². The molecule has 4 nitrogen and oxygen atoms in total. The topological polar surface area (TPSA) is 30.9 Å². The number of hydrogen-bond acceptors (Lipinski definition) is 2. The van der Waals surface area contributed by atoms with Crippen LogP contribution in [-0.2, 0) is 6.54 Å². The van der Waals surface area contributed by atoms with Crippen molar-refractivity contribution in [2.24, 2.45) is 10.9 Å². The first-order valence-electron chi connectivity index (χ1n) is 8.33. The highest BCUT2D eigenvalue weighted by atomic mass is 127. The summed E-state index contributed by atoms with van der Waals surface area (Å²) in [5, 5.41) is 3.51. The van der Waals surface area contributed by atoms with Gasteiger partial charge in [0.1, 0.15) is 0 Å². The summed E-state index contributed by atoms with van der Waals surface area (Å²) in [7, 11) is 6.31. The van der Waals surface area contributed by atoms with E-state index in [-0.39, 0.29) is 24.0 Å². The Labute approximate surface area is 158 Å². The molecule has 1 aliphatic heterocycles. The molecule has 1 fully saturated rings. The minimum Gasteiger partial charge on any atom is -0.356 e. The second-order valence-electron chi connectivity index (χ2n) is 6.48. The van der Waals surface area contributed by atoms with Gasteiger partial charge >= 0.3 is 0 Å². The molecule has 0 spiro atoms. The summed E-state index contributed by atoms with van der Waals surface area (Å²) in [5.74, 6) is 1.85. The second-order valence-corrected chi connectivity index (χ2v) is 6.48. The van der Waals surface area contributed by atoms with Crippen LogP contribution in [0.25, 0.3) is 0 Å². The van der Waals surface area contributed by atoms with Crippen molar-refractivity contribution in [3.63, 3.8) is 0 Å². The fourth-order valence-electron chi connectivity index (χ4n) is 2.84. The number of nitrogens with zero attached hydrogens (tertiary/aromatic N) is 3. The zero-order valence-electron chi connectivity index (χ0n) is 14.7. The number of rotatable bonds is 5. The smallest absolute Gasteiger partial charge is 0.193 e. The summed E-state index contributed by atoms with van der Waals surface area (Å²) in [6.45, 7) is 4.23. The Kier molecular flexibility index (Phi) is 9.55. The molecule has 5 heteroatoms. The number of nitrogens with one attached hydrogen (secondary N) is 1. The minimum absolute atomic E-state index is 0. The summed E-state index contributed by atoms with van der Waals surface area (Å²) < 4.78 is 0. The van der Waals surface area contributed by atoms with Gasteiger partial charge in [-0.25, -0.2) is 4.99 Å². The van der Waals surface area contributed by atoms with Crippen molar-refractivity contribution in [1.82, 2.24) is 15.1 Å². The lowest BCUT2D eigenvalue weighted by molar-refractivity contribution is 0.213. The highest BCUT2D eigenvalue weighted by Gasteiger charge is 2.16. The zero-order valence-corrected chi connectivity index (χ0v) is 17.0. The summed E-state index contributed by atoms with van der Waals surface area (Å²) >= 11 is 0. The monoisotopic (exact) mass is 430 g/mol. The zero-order chi connectivity index (χ0) is 15.8. The SMILES string of the molecule is CN1CCC(CCNC(=NCc2ccccc2)N(C)C)CC1.I. The van der Waals surface area contributed by atoms with E-state index in [1.807, 2.05) is 20.2 Å². The van der Waals surface area contributed by atoms with Gasteiger partial charge in [0.05, 0.1) is 6.54 Å². The molecule has 0 atom stereocenters. The van der Waals surface area contributed by atoms with Crippen molar-refractivity contribution in [3.05, 3.63) is 35.9 Å². The van der Waals surface area contributed by atoms with Crippen LogP contribution in [0.15, 0.2) is 35.3 Å². The highest BCUT2D eigenvalue weighted by Crippen LogP contribution is 2.18. The molecule has 23 heavy (non-hydrogen) atoms. The van der Waals surface area contributed by atoms with Crippen molar-refractivity contribution in [2.45, 2.75) is 25.8 Å². The molecule has 2 rings (SSSR count). The van der Waals surface area contributed by atoms with E-state index in [0.717, 1.165) is 25.0 Å². The first kappa shape index (κ1) is 20.2. The van der Waals surface area contributed by atoms with Gasteiger partial charge < -0.3 is 15.1 Å². The minimum atomic E-state index is 0. The molecule has 1 N–H and O–H groups in total. The van der Waals surface area contributed by atoms with Gasteiger partial charge in [0.2, 0.25) is 0 Å². The van der Waals surface area contributed by atoms with E-state index < -0.39 is 0 Å². The number of piperidine rings is 1. The summed E-state index contributed by atoms with van der Waals surface area (Å²) in [5.41, 5.74) is 1.25. The Morgan fingerprint density at radius 1 is 1.22 bits per heavy atom. The van der Waals surface area contributed by atoms with Crippen molar-refractivity contribution >= 4 is 29.9 Å². The van der Waals surface area contributed by atoms with Gasteiger partial charge in [0.25, 0.3) is 0 Å². The fourth-order valence-corrected chi connectivity index (χ4v) is 2.84. The molecule has 0 saturated carbocycles. The van der Waals surface area contributed by atoms with Crippen molar-refractivity contribution in [1.29, 1.82) is 0 Å². The average molecular weight is 430 g/mol. The molecule has 0 radical (unpaired) electrons. The molecular formula is C18H31IN4. The molecule has 1 aromatic carbocycles. The van der Waals surface area contributed by atoms with Gasteiger partial charge in [-0.15, -0.1) is 24.0 Å². The van der Waals surface area contributed by atoms with Gasteiger partial charge in [-0.1, -0.05) is 30.3 Å². The normalized spacial score (nSPS) is 16.7. The third-order valence-corrected chi connectivity index (χ3v) is 4.35. The lowest BCUT2D eigenvalue weighted by atomic mass is 9.94. The number of aliphatic imine (C=N–C) groups is 1. The van der Waals surface area contributed by atoms with Crippen LogP contribution in [0.1, 0.15) is 24.8 Å². The molecular weight excluding hydrogens is 399 g/mol. The molecule has 0 amide bonds. The Hall–Kier alpha value is -0.820. The average Bonchev–Trinajstić information content (AvgIpc) is 2.53. The fraction of sp³-hybridized carbons (Fsp3) is 0.611. The van der Waals surface area contributed by atoms with Crippen LogP contribution in [0, 0.1) is 5.92 Å². The molecule has 1 saturated heterocycles. The Morgan fingerprint density at radius 2 is 1.87 bits per heavy atom. The number of hydrogen-bond donors (Lipinski definition) is 1. The highest BCUT2D eigenvalue weighted by molar-refractivity contribution is 14.0. The second kappa shape index (κ2) is 10.9. The maximum absolute atomic E-state index is 4.71. The van der Waals surface area contributed by atoms with E-state index in [2.05, 4.69) is 46.4 Å². The van der Waals surface area contributed by atoms with E-state index in [1.165, 1.54) is 37.9 Å². The first-order valence-corrected chi connectivity index (χ1v) is 8.33. The largest absolute Gasteiger partial charge is 0.356 e. The maximum atomic E-state index is 4.71. The third kappa shape index (κ3) is 7.52.